The Balaban J connectivity index is 1.48. The first kappa shape index (κ1) is 23.7. The van der Waals surface area contributed by atoms with Gasteiger partial charge >= 0.3 is 0 Å². The maximum Gasteiger partial charge on any atom is 0.245 e. The van der Waals surface area contributed by atoms with Crippen LogP contribution >= 0.6 is 11.8 Å². The molecule has 10 nitrogen and oxygen atoms in total. The topological polar surface area (TPSA) is 155 Å². The van der Waals surface area contributed by atoms with Crippen LogP contribution in [0, 0.1) is 17.4 Å². The molecule has 2 aliphatic rings. The third-order valence-electron chi connectivity index (χ3n) is 5.59. The van der Waals surface area contributed by atoms with Gasteiger partial charge in [-0.15, -0.1) is 0 Å². The molecule has 4 rings (SSSR count). The second kappa shape index (κ2) is 9.09. The molecule has 34 heavy (non-hydrogen) atoms. The number of hydrogen-bond donors (Lipinski definition) is 2. The molecule has 1 saturated heterocycles. The van der Waals surface area contributed by atoms with Crippen LogP contribution in [0.25, 0.3) is 4.91 Å². The van der Waals surface area contributed by atoms with E-state index in [-0.39, 0.29) is 11.4 Å². The number of aromatic nitrogens is 1. The molecule has 1 amide bonds. The van der Waals surface area contributed by atoms with Gasteiger partial charge in [-0.3, -0.25) is 9.69 Å². The number of carboxylic acid groups (broad SMARTS) is 1. The van der Waals surface area contributed by atoms with E-state index >= 15 is 0 Å². The summed E-state index contributed by atoms with van der Waals surface area (Å²) in [6, 6.07) is 10.5. The molecule has 2 aromatic rings. The van der Waals surface area contributed by atoms with E-state index < -0.39 is 39.3 Å². The maximum atomic E-state index is 12.3. The fraction of sp³-hybridized carbons (Fsp3) is 0.273. The SMILES string of the molecule is C[C@@H](O)C1C(=O)N2C(C(=O)[O-])=C(c3ccc(C[n+]4ccc(CS(=O)(=O)NC#N)cc4)cc3)S[C@H]12. The number of benzene rings is 1. The van der Waals surface area contributed by atoms with Crippen LogP contribution in [0.1, 0.15) is 23.6 Å². The number of amides is 1. The largest absolute Gasteiger partial charge is 0.543 e. The molecule has 1 aromatic heterocycles. The summed E-state index contributed by atoms with van der Waals surface area (Å²) in [4.78, 5) is 25.7. The number of carbonyl (C=O) groups is 2. The van der Waals surface area contributed by atoms with E-state index in [9.17, 15) is 28.2 Å². The van der Waals surface area contributed by atoms with Crippen molar-refractivity contribution in [3.8, 4) is 6.19 Å². The lowest BCUT2D eigenvalue weighted by Gasteiger charge is -2.44. The molecule has 2 aliphatic heterocycles. The summed E-state index contributed by atoms with van der Waals surface area (Å²) >= 11 is 1.23. The van der Waals surface area contributed by atoms with Crippen molar-refractivity contribution in [1.82, 2.24) is 9.62 Å². The summed E-state index contributed by atoms with van der Waals surface area (Å²) in [5.41, 5.74) is 1.91. The van der Waals surface area contributed by atoms with E-state index in [2.05, 4.69) is 0 Å². The van der Waals surface area contributed by atoms with Gasteiger partial charge in [-0.2, -0.15) is 5.26 Å². The molecular formula is C22H20N4O6S2. The number of nitriles is 1. The van der Waals surface area contributed by atoms with Crippen molar-refractivity contribution in [3.05, 3.63) is 71.2 Å². The predicted molar refractivity (Wildman–Crippen MR) is 119 cm³/mol. The number of β-lactam (4-membered cyclic amide) rings is 1. The summed E-state index contributed by atoms with van der Waals surface area (Å²) in [6.45, 7) is 2.00. The van der Waals surface area contributed by atoms with Crippen molar-refractivity contribution in [1.29, 1.82) is 5.26 Å². The molecule has 1 unspecified atom stereocenters. The standard InChI is InChI=1S/C22H20N4O6S2/c1-13(27)17-20(28)26-18(22(29)30)19(33-21(17)26)16-4-2-14(3-5-16)10-25-8-6-15(7-9-25)11-34(31,32)24-12-23/h2-9,13,17,21,24,27H,10-11H2,1H3/t13-,17?,21-/m1/s1. The number of aliphatic carboxylic acids is 1. The molecule has 0 spiro atoms. The first-order valence-corrected chi connectivity index (χ1v) is 12.7. The van der Waals surface area contributed by atoms with Gasteiger partial charge in [0.05, 0.1) is 29.4 Å². The van der Waals surface area contributed by atoms with E-state index in [1.807, 2.05) is 16.7 Å². The number of aliphatic hydroxyl groups excluding tert-OH is 1. The second-order valence-corrected chi connectivity index (χ2v) is 10.8. The first-order chi connectivity index (χ1) is 16.1. The van der Waals surface area contributed by atoms with E-state index in [4.69, 9.17) is 5.26 Å². The van der Waals surface area contributed by atoms with Crippen molar-refractivity contribution in [2.24, 2.45) is 5.92 Å². The Morgan fingerprint density at radius 1 is 1.26 bits per heavy atom. The van der Waals surface area contributed by atoms with Gasteiger partial charge in [0.2, 0.25) is 15.9 Å². The Kier molecular flexibility index (Phi) is 6.35. The van der Waals surface area contributed by atoms with E-state index in [1.54, 1.807) is 41.4 Å². The van der Waals surface area contributed by atoms with Crippen LogP contribution in [0.2, 0.25) is 0 Å². The van der Waals surface area contributed by atoms with E-state index in [1.165, 1.54) is 29.8 Å². The highest BCUT2D eigenvalue weighted by Gasteiger charge is 2.56. The zero-order valence-corrected chi connectivity index (χ0v) is 19.5. The van der Waals surface area contributed by atoms with Gasteiger partial charge in [0.1, 0.15) is 5.37 Å². The minimum Gasteiger partial charge on any atom is -0.543 e. The lowest BCUT2D eigenvalue weighted by Crippen LogP contribution is -2.61. The number of rotatable bonds is 8. The minimum absolute atomic E-state index is 0.171. The number of sulfonamides is 1. The van der Waals surface area contributed by atoms with Crippen molar-refractivity contribution < 1.29 is 32.8 Å². The fourth-order valence-corrected chi connectivity index (χ4v) is 6.42. The highest BCUT2D eigenvalue weighted by atomic mass is 32.2. The Morgan fingerprint density at radius 3 is 2.47 bits per heavy atom. The highest BCUT2D eigenvalue weighted by molar-refractivity contribution is 8.09. The second-order valence-electron chi connectivity index (χ2n) is 8.00. The molecule has 1 fully saturated rings. The van der Waals surface area contributed by atoms with Crippen molar-refractivity contribution in [2.75, 3.05) is 0 Å². The van der Waals surface area contributed by atoms with Crippen molar-refractivity contribution in [3.63, 3.8) is 0 Å². The lowest BCUT2D eigenvalue weighted by molar-refractivity contribution is -0.688. The minimum atomic E-state index is -3.71. The summed E-state index contributed by atoms with van der Waals surface area (Å²) in [5.74, 6) is -2.82. The smallest absolute Gasteiger partial charge is 0.245 e. The normalized spacial score (nSPS) is 20.4. The van der Waals surface area contributed by atoms with E-state index in [0.29, 0.717) is 22.6 Å². The predicted octanol–water partition coefficient (Wildman–Crippen LogP) is -0.747. The number of aliphatic hydroxyl groups is 1. The number of pyridine rings is 1. The number of fused-ring (bicyclic) bond motifs is 1. The summed E-state index contributed by atoms with van der Waals surface area (Å²) < 4.78 is 27.0. The number of carbonyl (C=O) groups excluding carboxylic acids is 2. The van der Waals surface area contributed by atoms with Crippen LogP contribution in [0.4, 0.5) is 0 Å². The molecule has 1 aromatic carbocycles. The van der Waals surface area contributed by atoms with Gasteiger partial charge in [0.25, 0.3) is 0 Å². The van der Waals surface area contributed by atoms with E-state index in [0.717, 1.165) is 5.56 Å². The average molecular weight is 501 g/mol. The molecule has 0 aliphatic carbocycles. The van der Waals surface area contributed by atoms with Crippen LogP contribution < -0.4 is 14.4 Å². The zero-order chi connectivity index (χ0) is 24.6. The Morgan fingerprint density at radius 2 is 1.91 bits per heavy atom. The zero-order valence-electron chi connectivity index (χ0n) is 17.9. The van der Waals surface area contributed by atoms with Crippen LogP contribution in [-0.4, -0.2) is 41.8 Å². The van der Waals surface area contributed by atoms with Crippen LogP contribution in [0.15, 0.2) is 54.5 Å². The molecule has 176 valence electrons. The quantitative estimate of drug-likeness (QED) is 0.208. The Bertz CT molecular complexity index is 1310. The van der Waals surface area contributed by atoms with Crippen molar-refractivity contribution >= 4 is 38.6 Å². The number of hydrogen-bond acceptors (Lipinski definition) is 8. The maximum absolute atomic E-state index is 12.3. The highest BCUT2D eigenvalue weighted by Crippen LogP contribution is 2.53. The molecule has 2 N–H and O–H groups in total. The number of nitrogens with zero attached hydrogens (tertiary/aromatic N) is 3. The molecule has 3 heterocycles. The van der Waals surface area contributed by atoms with Gasteiger partial charge in [0, 0.05) is 22.6 Å². The van der Waals surface area contributed by atoms with Gasteiger partial charge in [0.15, 0.2) is 25.1 Å². The summed E-state index contributed by atoms with van der Waals surface area (Å²) in [6.07, 6.45) is 3.98. The summed E-state index contributed by atoms with van der Waals surface area (Å²) in [5, 5.41) is 29.6. The number of carboxylic acids is 1. The Labute approximate surface area is 200 Å². The molecule has 0 radical (unpaired) electrons. The first-order valence-electron chi connectivity index (χ1n) is 10.2. The van der Waals surface area contributed by atoms with Crippen molar-refractivity contribution in [2.45, 2.75) is 30.7 Å². The Hall–Kier alpha value is -3.40. The number of thioether (sulfide) groups is 1. The molecule has 0 saturated carbocycles. The van der Waals surface area contributed by atoms with Crippen LogP contribution in [0.5, 0.6) is 0 Å². The molecular weight excluding hydrogens is 480 g/mol. The monoisotopic (exact) mass is 500 g/mol. The third kappa shape index (κ3) is 4.50. The summed E-state index contributed by atoms with van der Waals surface area (Å²) in [7, 11) is -3.71. The lowest BCUT2D eigenvalue weighted by atomic mass is 9.92. The van der Waals surface area contributed by atoms with Gasteiger partial charge < -0.3 is 15.0 Å². The van der Waals surface area contributed by atoms with Gasteiger partial charge in [-0.25, -0.2) is 17.7 Å². The molecule has 3 atom stereocenters. The van der Waals surface area contributed by atoms with Crippen LogP contribution in [-0.2, 0) is 31.9 Å². The number of nitrogens with one attached hydrogen (secondary N) is 1. The van der Waals surface area contributed by atoms with Gasteiger partial charge in [-0.1, -0.05) is 36.0 Å². The third-order valence-corrected chi connectivity index (χ3v) is 8.12. The molecule has 0 bridgehead atoms. The fourth-order valence-electron chi connectivity index (χ4n) is 3.96. The average Bonchev–Trinajstić information content (AvgIpc) is 3.10. The van der Waals surface area contributed by atoms with Gasteiger partial charge in [-0.05, 0) is 18.1 Å². The van der Waals surface area contributed by atoms with Crippen LogP contribution in [0.3, 0.4) is 0 Å². The molecule has 12 heteroatoms.